The van der Waals surface area contributed by atoms with Crippen LogP contribution in [0.1, 0.15) is 28.2 Å². The van der Waals surface area contributed by atoms with E-state index in [0.717, 1.165) is 16.5 Å². The van der Waals surface area contributed by atoms with Gasteiger partial charge in [-0.3, -0.25) is 14.0 Å². The molecule has 0 aliphatic rings. The smallest absolute Gasteiger partial charge is 0.417 e. The molecule has 2 rings (SSSR count). The number of amides is 2. The predicted molar refractivity (Wildman–Crippen MR) is 77.6 cm³/mol. The quantitative estimate of drug-likeness (QED) is 0.726. The number of alkyl halides is 3. The molecule has 1 unspecified atom stereocenters. The molecule has 0 fully saturated rings. The highest BCUT2D eigenvalue weighted by Gasteiger charge is 2.32. The number of rotatable bonds is 5. The maximum absolute atomic E-state index is 12.9. The maximum atomic E-state index is 12.9. The number of carbonyl (C=O) groups is 3. The van der Waals surface area contributed by atoms with Crippen LogP contribution in [-0.2, 0) is 15.8 Å². The molecule has 25 heavy (non-hydrogen) atoms. The number of aromatic nitrogens is 2. The summed E-state index contributed by atoms with van der Waals surface area (Å²) in [5.41, 5.74) is 3.83. The summed E-state index contributed by atoms with van der Waals surface area (Å²) in [6.07, 6.45) is -4.60. The number of primary amides is 1. The average Bonchev–Trinajstić information content (AvgIpc) is 2.79. The van der Waals surface area contributed by atoms with Gasteiger partial charge in [0.25, 0.3) is 5.91 Å². The van der Waals surface area contributed by atoms with Crippen LogP contribution in [0.3, 0.4) is 0 Å². The molecule has 2 aromatic heterocycles. The molecule has 0 aromatic carbocycles. The van der Waals surface area contributed by atoms with E-state index in [1.807, 2.05) is 0 Å². The number of hydrogen-bond acceptors (Lipinski definition) is 4. The van der Waals surface area contributed by atoms with E-state index in [9.17, 15) is 27.6 Å². The first-order valence-electron chi connectivity index (χ1n) is 6.88. The summed E-state index contributed by atoms with van der Waals surface area (Å²) in [7, 11) is 0. The van der Waals surface area contributed by atoms with Crippen molar-refractivity contribution in [3.8, 4) is 0 Å². The van der Waals surface area contributed by atoms with Crippen LogP contribution in [0.25, 0.3) is 5.65 Å². The Kier molecular flexibility index (Phi) is 4.68. The number of nitrogens with one attached hydrogen (secondary N) is 1. The highest BCUT2D eigenvalue weighted by Crippen LogP contribution is 2.29. The molecular formula is C14H13F3N4O4. The second-order valence-electron chi connectivity index (χ2n) is 5.22. The predicted octanol–water partition coefficient (Wildman–Crippen LogP) is 0.720. The average molecular weight is 358 g/mol. The minimum Gasteiger partial charge on any atom is -0.480 e. The third-order valence-electron chi connectivity index (χ3n) is 3.34. The zero-order chi connectivity index (χ0) is 18.9. The van der Waals surface area contributed by atoms with E-state index in [1.54, 1.807) is 0 Å². The molecule has 0 saturated carbocycles. The molecule has 2 amide bonds. The van der Waals surface area contributed by atoms with Crippen molar-refractivity contribution in [1.82, 2.24) is 14.7 Å². The summed E-state index contributed by atoms with van der Waals surface area (Å²) in [6.45, 7) is 1.39. The van der Waals surface area contributed by atoms with Crippen LogP contribution in [0.2, 0.25) is 0 Å². The van der Waals surface area contributed by atoms with Gasteiger partial charge in [0.05, 0.1) is 17.7 Å². The van der Waals surface area contributed by atoms with Gasteiger partial charge < -0.3 is 16.2 Å². The fraction of sp³-hybridized carbons (Fsp3) is 0.286. The van der Waals surface area contributed by atoms with E-state index in [4.69, 9.17) is 10.8 Å². The summed E-state index contributed by atoms with van der Waals surface area (Å²) >= 11 is 0. The number of carbonyl (C=O) groups excluding carboxylic acids is 2. The van der Waals surface area contributed by atoms with Crippen LogP contribution in [-0.4, -0.2) is 38.3 Å². The van der Waals surface area contributed by atoms with Gasteiger partial charge in [-0.1, -0.05) is 0 Å². The van der Waals surface area contributed by atoms with Crippen LogP contribution in [0.15, 0.2) is 18.3 Å². The lowest BCUT2D eigenvalue weighted by Gasteiger charge is -2.13. The van der Waals surface area contributed by atoms with Crippen molar-refractivity contribution in [2.24, 2.45) is 5.73 Å². The number of imidazole rings is 1. The molecule has 2 heterocycles. The van der Waals surface area contributed by atoms with Crippen molar-refractivity contribution in [2.75, 3.05) is 0 Å². The zero-order valence-corrected chi connectivity index (χ0v) is 12.8. The Morgan fingerprint density at radius 1 is 1.36 bits per heavy atom. The second-order valence-corrected chi connectivity index (χ2v) is 5.22. The normalized spacial score (nSPS) is 12.8. The van der Waals surface area contributed by atoms with Crippen LogP contribution in [0.5, 0.6) is 0 Å². The summed E-state index contributed by atoms with van der Waals surface area (Å²) < 4.78 is 39.5. The van der Waals surface area contributed by atoms with Crippen LogP contribution in [0, 0.1) is 6.92 Å². The highest BCUT2D eigenvalue weighted by molar-refractivity contribution is 5.98. The number of pyridine rings is 1. The standard InChI is InChI=1S/C14H13F3N4O4/c1-6-11(12(23)20-8(13(24)25)4-9(18)22)21-5-7(14(15,16)17)2-3-10(21)19-6/h2-3,5,8H,4H2,1H3,(H2,18,22)(H,20,23)(H,24,25). The molecule has 0 saturated heterocycles. The Morgan fingerprint density at radius 3 is 2.52 bits per heavy atom. The van der Waals surface area contributed by atoms with Crippen LogP contribution in [0.4, 0.5) is 13.2 Å². The van der Waals surface area contributed by atoms with Crippen LogP contribution < -0.4 is 11.1 Å². The lowest BCUT2D eigenvalue weighted by molar-refractivity contribution is -0.141. The van der Waals surface area contributed by atoms with Crippen molar-refractivity contribution in [3.05, 3.63) is 35.3 Å². The van der Waals surface area contributed by atoms with Gasteiger partial charge in [-0.2, -0.15) is 13.2 Å². The molecule has 4 N–H and O–H groups in total. The van der Waals surface area contributed by atoms with Gasteiger partial charge in [-0.05, 0) is 19.1 Å². The summed E-state index contributed by atoms with van der Waals surface area (Å²) in [6, 6.07) is 0.294. The van der Waals surface area contributed by atoms with E-state index in [0.29, 0.717) is 6.20 Å². The number of aliphatic carboxylic acids is 1. The van der Waals surface area contributed by atoms with Crippen molar-refractivity contribution in [1.29, 1.82) is 0 Å². The first-order chi connectivity index (χ1) is 11.5. The van der Waals surface area contributed by atoms with Gasteiger partial charge in [0.2, 0.25) is 5.91 Å². The zero-order valence-electron chi connectivity index (χ0n) is 12.8. The van der Waals surface area contributed by atoms with Crippen molar-refractivity contribution < 1.29 is 32.7 Å². The van der Waals surface area contributed by atoms with Gasteiger partial charge in [0.1, 0.15) is 17.4 Å². The largest absolute Gasteiger partial charge is 0.480 e. The molecule has 0 spiro atoms. The fourth-order valence-electron chi connectivity index (χ4n) is 2.23. The van der Waals surface area contributed by atoms with Gasteiger partial charge in [0, 0.05) is 6.20 Å². The van der Waals surface area contributed by atoms with Crippen molar-refractivity contribution in [2.45, 2.75) is 25.6 Å². The number of aryl methyl sites for hydroxylation is 1. The van der Waals surface area contributed by atoms with Gasteiger partial charge in [-0.15, -0.1) is 0 Å². The Hall–Kier alpha value is -3.11. The molecule has 0 radical (unpaired) electrons. The SMILES string of the molecule is Cc1nc2ccc(C(F)(F)F)cn2c1C(=O)NC(CC(N)=O)C(=O)O. The molecule has 0 aliphatic carbocycles. The number of carboxylic acid groups (broad SMARTS) is 1. The number of carboxylic acids is 1. The number of fused-ring (bicyclic) bond motifs is 1. The van der Waals surface area contributed by atoms with E-state index >= 15 is 0 Å². The Balaban J connectivity index is 2.44. The Morgan fingerprint density at radius 2 is 2.00 bits per heavy atom. The summed E-state index contributed by atoms with van der Waals surface area (Å²) in [5, 5.41) is 11.1. The summed E-state index contributed by atoms with van der Waals surface area (Å²) in [4.78, 5) is 38.3. The number of nitrogens with zero attached hydrogens (tertiary/aromatic N) is 2. The topological polar surface area (TPSA) is 127 Å². The Labute approximate surface area is 138 Å². The minimum absolute atomic E-state index is 0.0810. The first kappa shape index (κ1) is 18.2. The number of halogens is 3. The van der Waals surface area contributed by atoms with Gasteiger partial charge in [-0.25, -0.2) is 9.78 Å². The van der Waals surface area contributed by atoms with Gasteiger partial charge in [0.15, 0.2) is 0 Å². The molecule has 1 atom stereocenters. The number of nitrogens with two attached hydrogens (primary N) is 1. The molecule has 11 heteroatoms. The molecule has 2 aromatic rings. The minimum atomic E-state index is -4.63. The van der Waals surface area contributed by atoms with Crippen LogP contribution >= 0.6 is 0 Å². The lowest BCUT2D eigenvalue weighted by Crippen LogP contribution is -2.43. The van der Waals surface area contributed by atoms with Gasteiger partial charge >= 0.3 is 12.1 Å². The molecule has 0 bridgehead atoms. The van der Waals surface area contributed by atoms with Crippen molar-refractivity contribution in [3.63, 3.8) is 0 Å². The van der Waals surface area contributed by atoms with E-state index in [2.05, 4.69) is 10.3 Å². The monoisotopic (exact) mass is 358 g/mol. The number of hydrogen-bond donors (Lipinski definition) is 3. The third kappa shape index (κ3) is 3.87. The van der Waals surface area contributed by atoms with E-state index in [-0.39, 0.29) is 17.0 Å². The molecule has 134 valence electrons. The summed E-state index contributed by atoms with van der Waals surface area (Å²) in [5.74, 6) is -3.45. The second kappa shape index (κ2) is 6.42. The highest BCUT2D eigenvalue weighted by atomic mass is 19.4. The Bertz CT molecular complexity index is 860. The lowest BCUT2D eigenvalue weighted by atomic mass is 10.2. The first-order valence-corrected chi connectivity index (χ1v) is 6.88. The fourth-order valence-corrected chi connectivity index (χ4v) is 2.23. The molecule has 0 aliphatic heterocycles. The van der Waals surface area contributed by atoms with Crippen molar-refractivity contribution >= 4 is 23.4 Å². The molecular weight excluding hydrogens is 345 g/mol. The van der Waals surface area contributed by atoms with E-state index in [1.165, 1.54) is 6.92 Å². The molecule has 8 nitrogen and oxygen atoms in total. The maximum Gasteiger partial charge on any atom is 0.417 e. The van der Waals surface area contributed by atoms with E-state index < -0.39 is 42.0 Å². The third-order valence-corrected chi connectivity index (χ3v) is 3.34.